The molecule has 0 unspecified atom stereocenters. The van der Waals surface area contributed by atoms with Crippen LogP contribution < -0.4 is 0 Å². The summed E-state index contributed by atoms with van der Waals surface area (Å²) in [4.78, 5) is 21.6. The minimum absolute atomic E-state index is 0.0782. The second kappa shape index (κ2) is 6.30. The lowest BCUT2D eigenvalue weighted by Crippen LogP contribution is -2.60. The number of hydrogen-bond acceptors (Lipinski definition) is 4. The first-order valence-electron chi connectivity index (χ1n) is 9.57. The maximum atomic E-state index is 13.4. The summed E-state index contributed by atoms with van der Waals surface area (Å²) < 4.78 is 13.4. The summed E-state index contributed by atoms with van der Waals surface area (Å²) in [7, 11) is 0. The van der Waals surface area contributed by atoms with Gasteiger partial charge in [0.2, 0.25) is 0 Å². The Morgan fingerprint density at radius 3 is 2.56 bits per heavy atom. The highest BCUT2D eigenvalue weighted by Crippen LogP contribution is 2.47. The molecule has 0 saturated carbocycles. The molecule has 5 nitrogen and oxygen atoms in total. The lowest BCUT2D eigenvalue weighted by Gasteiger charge is -2.51. The smallest absolute Gasteiger partial charge is 0.258 e. The second-order valence-corrected chi connectivity index (χ2v) is 7.86. The van der Waals surface area contributed by atoms with Gasteiger partial charge in [-0.25, -0.2) is 4.39 Å². The number of fused-ring (bicyclic) bond motifs is 2. The van der Waals surface area contributed by atoms with E-state index in [-0.39, 0.29) is 35.5 Å². The molecule has 4 aliphatic rings. The van der Waals surface area contributed by atoms with Crippen LogP contribution in [-0.2, 0) is 0 Å². The number of carbonyl (C=O) groups is 1. The summed E-state index contributed by atoms with van der Waals surface area (Å²) in [5, 5.41) is 10.1. The van der Waals surface area contributed by atoms with Crippen LogP contribution in [0.25, 0.3) is 0 Å². The second-order valence-electron chi connectivity index (χ2n) is 7.86. The molecule has 4 aliphatic heterocycles. The first kappa shape index (κ1) is 16.7. The summed E-state index contributed by atoms with van der Waals surface area (Å²) in [5.41, 5.74) is 1.38. The van der Waals surface area contributed by atoms with Crippen LogP contribution in [0.2, 0.25) is 0 Å². The molecule has 1 N–H and O–H groups in total. The molecule has 5 heterocycles. The van der Waals surface area contributed by atoms with Crippen molar-refractivity contribution in [1.82, 2.24) is 14.8 Å². The van der Waals surface area contributed by atoms with Gasteiger partial charge in [0, 0.05) is 24.7 Å². The number of aromatic hydroxyl groups is 1. The van der Waals surface area contributed by atoms with E-state index in [0.29, 0.717) is 18.0 Å². The van der Waals surface area contributed by atoms with E-state index in [4.69, 9.17) is 0 Å². The number of amides is 1. The van der Waals surface area contributed by atoms with Gasteiger partial charge in [0.25, 0.3) is 5.91 Å². The maximum Gasteiger partial charge on any atom is 0.258 e. The van der Waals surface area contributed by atoms with Crippen molar-refractivity contribution < 1.29 is 14.3 Å². The molecule has 140 valence electrons. The number of nitrogens with zero attached hydrogens (tertiary/aromatic N) is 3. The molecule has 2 bridgehead atoms. The average Bonchev–Trinajstić information content (AvgIpc) is 3.12. The first-order chi connectivity index (χ1) is 13.1. The lowest BCUT2D eigenvalue weighted by atomic mass is 9.75. The third-order valence-electron chi connectivity index (χ3n) is 6.58. The lowest BCUT2D eigenvalue weighted by molar-refractivity contribution is -0.00349. The standard InChI is InChI=1S/C21H22FN3O2/c22-15-3-1-13(2-4-15)17-12-25(21(27)16-5-8-23-11-18(16)26)19-14-6-9-24(10-7-14)20(17)19/h1-5,8,11,14,17,19-20,26H,6-7,9-10,12H2/t17-,19+,20+/m0/s1. The molecule has 6 rings (SSSR count). The van der Waals surface area contributed by atoms with E-state index in [0.717, 1.165) is 31.5 Å². The number of benzene rings is 1. The summed E-state index contributed by atoms with van der Waals surface area (Å²) in [6, 6.07) is 8.68. The molecule has 0 aliphatic carbocycles. The Bertz CT molecular complexity index is 864. The number of pyridine rings is 1. The van der Waals surface area contributed by atoms with Crippen molar-refractivity contribution in [3.05, 3.63) is 59.7 Å². The van der Waals surface area contributed by atoms with Gasteiger partial charge in [-0.1, -0.05) is 12.1 Å². The zero-order chi connectivity index (χ0) is 18.5. The van der Waals surface area contributed by atoms with Gasteiger partial charge in [0.1, 0.15) is 11.6 Å². The fourth-order valence-corrected chi connectivity index (χ4v) is 5.38. The fourth-order valence-electron chi connectivity index (χ4n) is 5.38. The van der Waals surface area contributed by atoms with E-state index < -0.39 is 0 Å². The molecule has 1 aromatic carbocycles. The van der Waals surface area contributed by atoms with Gasteiger partial charge in [-0.05, 0) is 55.6 Å². The molecule has 0 radical (unpaired) electrons. The molecule has 4 saturated heterocycles. The predicted octanol–water partition coefficient (Wildman–Crippen LogP) is 2.63. The van der Waals surface area contributed by atoms with Crippen molar-refractivity contribution in [2.24, 2.45) is 5.92 Å². The largest absolute Gasteiger partial charge is 0.505 e. The molecule has 27 heavy (non-hydrogen) atoms. The van der Waals surface area contributed by atoms with Crippen LogP contribution in [0.3, 0.4) is 0 Å². The molecule has 2 aromatic rings. The average molecular weight is 367 g/mol. The van der Waals surface area contributed by atoms with Crippen LogP contribution in [0.1, 0.15) is 34.7 Å². The third kappa shape index (κ3) is 2.62. The summed E-state index contributed by atoms with van der Waals surface area (Å²) >= 11 is 0. The molecular weight excluding hydrogens is 345 g/mol. The number of carbonyl (C=O) groups excluding carboxylic acids is 1. The van der Waals surface area contributed by atoms with Crippen molar-refractivity contribution in [2.45, 2.75) is 30.8 Å². The number of likely N-dealkylation sites (tertiary alicyclic amines) is 1. The highest BCUT2D eigenvalue weighted by atomic mass is 19.1. The van der Waals surface area contributed by atoms with Gasteiger partial charge in [0.15, 0.2) is 0 Å². The van der Waals surface area contributed by atoms with Gasteiger partial charge >= 0.3 is 0 Å². The Kier molecular flexibility index (Phi) is 3.90. The normalized spacial score (nSPS) is 31.7. The summed E-state index contributed by atoms with van der Waals surface area (Å²) in [6.45, 7) is 2.71. The minimum atomic E-state index is -0.242. The van der Waals surface area contributed by atoms with E-state index in [9.17, 15) is 14.3 Å². The third-order valence-corrected chi connectivity index (χ3v) is 6.58. The van der Waals surface area contributed by atoms with Gasteiger partial charge in [-0.15, -0.1) is 0 Å². The summed E-state index contributed by atoms with van der Waals surface area (Å²) in [6.07, 6.45) is 5.05. The molecular formula is C21H22FN3O2. The van der Waals surface area contributed by atoms with E-state index in [1.165, 1.54) is 24.5 Å². The molecule has 1 aromatic heterocycles. The predicted molar refractivity (Wildman–Crippen MR) is 98.0 cm³/mol. The zero-order valence-corrected chi connectivity index (χ0v) is 15.0. The van der Waals surface area contributed by atoms with E-state index in [1.54, 1.807) is 6.07 Å². The van der Waals surface area contributed by atoms with E-state index in [1.807, 2.05) is 17.0 Å². The van der Waals surface area contributed by atoms with Crippen molar-refractivity contribution in [1.29, 1.82) is 0 Å². The molecule has 4 fully saturated rings. The SMILES string of the molecule is O=C(c1ccncc1O)N1C[C@@H](c2ccc(F)cc2)[C@@H]2[C@H]1C1CCN2CC1. The quantitative estimate of drug-likeness (QED) is 0.887. The Morgan fingerprint density at radius 2 is 1.85 bits per heavy atom. The Labute approximate surface area is 157 Å². The first-order valence-corrected chi connectivity index (χ1v) is 9.57. The Hall–Kier alpha value is -2.47. The zero-order valence-electron chi connectivity index (χ0n) is 15.0. The van der Waals surface area contributed by atoms with Gasteiger partial charge in [-0.2, -0.15) is 0 Å². The number of aromatic nitrogens is 1. The van der Waals surface area contributed by atoms with Crippen LogP contribution >= 0.6 is 0 Å². The number of piperidine rings is 3. The van der Waals surface area contributed by atoms with Crippen LogP contribution in [0, 0.1) is 11.7 Å². The van der Waals surface area contributed by atoms with Crippen LogP contribution in [0.5, 0.6) is 5.75 Å². The van der Waals surface area contributed by atoms with Crippen LogP contribution in [-0.4, -0.2) is 57.5 Å². The number of hydrogen-bond donors (Lipinski definition) is 1. The molecule has 3 atom stereocenters. The summed E-state index contributed by atoms with van der Waals surface area (Å²) in [5.74, 6) is 0.187. The van der Waals surface area contributed by atoms with Gasteiger partial charge < -0.3 is 10.0 Å². The monoisotopic (exact) mass is 367 g/mol. The van der Waals surface area contributed by atoms with E-state index in [2.05, 4.69) is 9.88 Å². The number of halogens is 1. The maximum absolute atomic E-state index is 13.4. The van der Waals surface area contributed by atoms with Gasteiger partial charge in [0.05, 0.1) is 17.8 Å². The van der Waals surface area contributed by atoms with Crippen molar-refractivity contribution in [3.8, 4) is 5.75 Å². The molecule has 6 heteroatoms. The van der Waals surface area contributed by atoms with Crippen molar-refractivity contribution in [3.63, 3.8) is 0 Å². The van der Waals surface area contributed by atoms with Crippen molar-refractivity contribution >= 4 is 5.91 Å². The topological polar surface area (TPSA) is 56.7 Å². The Balaban J connectivity index is 1.53. The highest BCUT2D eigenvalue weighted by molar-refractivity contribution is 5.97. The fraction of sp³-hybridized carbons (Fsp3) is 0.429. The van der Waals surface area contributed by atoms with Crippen LogP contribution in [0.4, 0.5) is 4.39 Å². The van der Waals surface area contributed by atoms with Crippen LogP contribution in [0.15, 0.2) is 42.7 Å². The van der Waals surface area contributed by atoms with E-state index >= 15 is 0 Å². The van der Waals surface area contributed by atoms with Gasteiger partial charge in [-0.3, -0.25) is 14.7 Å². The molecule has 1 amide bonds. The van der Waals surface area contributed by atoms with Crippen molar-refractivity contribution in [2.75, 3.05) is 19.6 Å². The number of rotatable bonds is 2. The minimum Gasteiger partial charge on any atom is -0.505 e. The highest BCUT2D eigenvalue weighted by Gasteiger charge is 2.54. The Morgan fingerprint density at radius 1 is 1.11 bits per heavy atom. The molecule has 0 spiro atoms.